The normalized spacial score (nSPS) is 11.2. The van der Waals surface area contributed by atoms with Crippen LogP contribution in [0.4, 0.5) is 10.5 Å². The van der Waals surface area contributed by atoms with E-state index in [2.05, 4.69) is 57.4 Å². The highest BCUT2D eigenvalue weighted by atomic mass is 16.2. The number of hydrogen-bond donors (Lipinski definition) is 4. The van der Waals surface area contributed by atoms with Gasteiger partial charge in [0.2, 0.25) is 0 Å². The van der Waals surface area contributed by atoms with Crippen molar-refractivity contribution in [2.75, 3.05) is 11.9 Å². The van der Waals surface area contributed by atoms with E-state index in [1.54, 1.807) is 0 Å². The number of benzene rings is 2. The molecule has 4 N–H and O–H groups in total. The summed E-state index contributed by atoms with van der Waals surface area (Å²) in [7, 11) is 0. The number of carbonyl (C=O) groups excluding carboxylic acids is 1. The molecule has 0 aliphatic heterocycles. The maximum atomic E-state index is 11.7. The quantitative estimate of drug-likeness (QED) is 0.435. The highest BCUT2D eigenvalue weighted by Gasteiger charge is 2.04. The van der Waals surface area contributed by atoms with Gasteiger partial charge in [0, 0.05) is 24.8 Å². The van der Waals surface area contributed by atoms with Gasteiger partial charge in [-0.05, 0) is 51.0 Å². The van der Waals surface area contributed by atoms with E-state index in [9.17, 15) is 4.79 Å². The van der Waals surface area contributed by atoms with E-state index in [1.165, 1.54) is 11.1 Å². The van der Waals surface area contributed by atoms with Gasteiger partial charge in [-0.25, -0.2) is 9.79 Å². The Bertz CT molecular complexity index is 784. The van der Waals surface area contributed by atoms with Crippen molar-refractivity contribution in [3.05, 3.63) is 65.2 Å². The number of aryl methyl sites for hydroxylation is 1. The fourth-order valence-electron chi connectivity index (χ4n) is 2.64. The van der Waals surface area contributed by atoms with Gasteiger partial charge in [-0.2, -0.15) is 0 Å². The minimum Gasteiger partial charge on any atom is -0.357 e. The van der Waals surface area contributed by atoms with E-state index in [-0.39, 0.29) is 12.1 Å². The Morgan fingerprint density at radius 3 is 2.43 bits per heavy atom. The Labute approximate surface area is 167 Å². The Kier molecular flexibility index (Phi) is 8.34. The van der Waals surface area contributed by atoms with Crippen LogP contribution in [0.3, 0.4) is 0 Å². The topological polar surface area (TPSA) is 77.6 Å². The number of aliphatic imine (C=N–C) groups is 1. The minimum atomic E-state index is -0.196. The summed E-state index contributed by atoms with van der Waals surface area (Å²) < 4.78 is 0. The van der Waals surface area contributed by atoms with Gasteiger partial charge in [0.15, 0.2) is 5.96 Å². The van der Waals surface area contributed by atoms with E-state index < -0.39 is 0 Å². The Morgan fingerprint density at radius 2 is 1.79 bits per heavy atom. The molecule has 2 aromatic carbocycles. The standard InChI is InChI=1S/C22H31N5O/c1-5-23-21(25-15-19-8-6-7-17(4)13-19)24-14-18-9-11-20(12-10-18)27-22(28)26-16(2)3/h6-13,16H,5,14-15H2,1-4H3,(H2,23,24,25)(H2,26,27,28). The molecule has 0 unspecified atom stereocenters. The summed E-state index contributed by atoms with van der Waals surface area (Å²) in [5.41, 5.74) is 4.30. The van der Waals surface area contributed by atoms with E-state index in [4.69, 9.17) is 0 Å². The summed E-state index contributed by atoms with van der Waals surface area (Å²) in [6.45, 7) is 10.1. The van der Waals surface area contributed by atoms with Crippen LogP contribution < -0.4 is 21.3 Å². The molecule has 150 valence electrons. The van der Waals surface area contributed by atoms with Gasteiger partial charge < -0.3 is 21.3 Å². The van der Waals surface area contributed by atoms with Crippen molar-refractivity contribution in [3.63, 3.8) is 0 Å². The Balaban J connectivity index is 1.90. The third-order valence-electron chi connectivity index (χ3n) is 3.94. The monoisotopic (exact) mass is 381 g/mol. The lowest BCUT2D eigenvalue weighted by molar-refractivity contribution is 0.250. The molecule has 0 bridgehead atoms. The van der Waals surface area contributed by atoms with Crippen LogP contribution in [0, 0.1) is 6.92 Å². The van der Waals surface area contributed by atoms with E-state index in [1.807, 2.05) is 45.0 Å². The molecule has 0 aliphatic carbocycles. The summed E-state index contributed by atoms with van der Waals surface area (Å²) in [6.07, 6.45) is 0. The first-order valence-corrected chi connectivity index (χ1v) is 9.70. The predicted molar refractivity (Wildman–Crippen MR) is 117 cm³/mol. The molecule has 6 nitrogen and oxygen atoms in total. The molecule has 28 heavy (non-hydrogen) atoms. The molecule has 0 heterocycles. The number of rotatable bonds is 7. The fourth-order valence-corrected chi connectivity index (χ4v) is 2.64. The summed E-state index contributed by atoms with van der Waals surface area (Å²) in [6, 6.07) is 16.0. The third kappa shape index (κ3) is 7.70. The molecular weight excluding hydrogens is 350 g/mol. The summed E-state index contributed by atoms with van der Waals surface area (Å²) >= 11 is 0. The second kappa shape index (κ2) is 11.0. The summed E-state index contributed by atoms with van der Waals surface area (Å²) in [5, 5.41) is 12.2. The number of guanidine groups is 1. The highest BCUT2D eigenvalue weighted by molar-refractivity contribution is 5.89. The van der Waals surface area contributed by atoms with Crippen molar-refractivity contribution in [1.82, 2.24) is 16.0 Å². The van der Waals surface area contributed by atoms with Gasteiger partial charge in [0.1, 0.15) is 0 Å². The van der Waals surface area contributed by atoms with Gasteiger partial charge in [-0.3, -0.25) is 0 Å². The molecule has 0 aliphatic rings. The molecule has 2 amide bonds. The first kappa shape index (κ1) is 21.3. The van der Waals surface area contributed by atoms with Crippen LogP contribution in [0.25, 0.3) is 0 Å². The maximum absolute atomic E-state index is 11.7. The molecular formula is C22H31N5O. The van der Waals surface area contributed by atoms with Crippen molar-refractivity contribution in [1.29, 1.82) is 0 Å². The Morgan fingerprint density at radius 1 is 1.04 bits per heavy atom. The van der Waals surface area contributed by atoms with Crippen LogP contribution in [0.15, 0.2) is 53.5 Å². The molecule has 0 radical (unpaired) electrons. The largest absolute Gasteiger partial charge is 0.357 e. The zero-order chi connectivity index (χ0) is 20.4. The van der Waals surface area contributed by atoms with Crippen molar-refractivity contribution < 1.29 is 4.79 Å². The number of anilines is 1. The molecule has 2 aromatic rings. The number of hydrogen-bond acceptors (Lipinski definition) is 2. The summed E-state index contributed by atoms with van der Waals surface area (Å²) in [4.78, 5) is 16.4. The van der Waals surface area contributed by atoms with Gasteiger partial charge >= 0.3 is 6.03 Å². The zero-order valence-corrected chi connectivity index (χ0v) is 17.2. The van der Waals surface area contributed by atoms with Crippen LogP contribution in [0.1, 0.15) is 37.5 Å². The molecule has 0 saturated heterocycles. The first-order valence-electron chi connectivity index (χ1n) is 9.70. The molecule has 6 heteroatoms. The lowest BCUT2D eigenvalue weighted by atomic mass is 10.1. The zero-order valence-electron chi connectivity index (χ0n) is 17.2. The number of nitrogens with zero attached hydrogens (tertiary/aromatic N) is 1. The first-order chi connectivity index (χ1) is 13.5. The molecule has 0 saturated carbocycles. The molecule has 0 atom stereocenters. The van der Waals surface area contributed by atoms with Gasteiger partial charge in [-0.1, -0.05) is 42.0 Å². The van der Waals surface area contributed by atoms with Crippen LogP contribution in [0.5, 0.6) is 0 Å². The maximum Gasteiger partial charge on any atom is 0.319 e. The lowest BCUT2D eigenvalue weighted by Gasteiger charge is -2.13. The predicted octanol–water partition coefficient (Wildman–Crippen LogP) is 3.78. The van der Waals surface area contributed by atoms with E-state index >= 15 is 0 Å². The fraction of sp³-hybridized carbons (Fsp3) is 0.364. The second-order valence-electron chi connectivity index (χ2n) is 6.99. The van der Waals surface area contributed by atoms with Crippen LogP contribution in [0.2, 0.25) is 0 Å². The average Bonchev–Trinajstić information content (AvgIpc) is 2.64. The second-order valence-corrected chi connectivity index (χ2v) is 6.99. The summed E-state index contributed by atoms with van der Waals surface area (Å²) in [5.74, 6) is 0.780. The van der Waals surface area contributed by atoms with Crippen LogP contribution in [-0.4, -0.2) is 24.6 Å². The Hall–Kier alpha value is -3.02. The lowest BCUT2D eigenvalue weighted by Crippen LogP contribution is -2.36. The molecule has 0 aromatic heterocycles. The average molecular weight is 382 g/mol. The third-order valence-corrected chi connectivity index (χ3v) is 3.94. The minimum absolute atomic E-state index is 0.104. The van der Waals surface area contributed by atoms with Gasteiger partial charge in [-0.15, -0.1) is 0 Å². The molecule has 0 fully saturated rings. The number of urea groups is 1. The molecule has 0 spiro atoms. The number of amides is 2. The van der Waals surface area contributed by atoms with Crippen molar-refractivity contribution in [2.24, 2.45) is 4.99 Å². The van der Waals surface area contributed by atoms with Crippen LogP contribution in [-0.2, 0) is 13.1 Å². The van der Waals surface area contributed by atoms with Crippen LogP contribution >= 0.6 is 0 Å². The van der Waals surface area contributed by atoms with Crippen molar-refractivity contribution >= 4 is 17.7 Å². The van der Waals surface area contributed by atoms with Crippen molar-refractivity contribution in [3.8, 4) is 0 Å². The highest BCUT2D eigenvalue weighted by Crippen LogP contribution is 2.09. The van der Waals surface area contributed by atoms with Gasteiger partial charge in [0.05, 0.1) is 6.54 Å². The number of carbonyl (C=O) groups is 1. The SMILES string of the molecule is CCNC(=NCc1cccc(C)c1)NCc1ccc(NC(=O)NC(C)C)cc1. The molecule has 2 rings (SSSR count). The number of nitrogens with one attached hydrogen (secondary N) is 4. The van der Waals surface area contributed by atoms with Crippen molar-refractivity contribution in [2.45, 2.75) is 46.8 Å². The smallest absolute Gasteiger partial charge is 0.319 e. The van der Waals surface area contributed by atoms with E-state index in [0.717, 1.165) is 23.8 Å². The van der Waals surface area contributed by atoms with E-state index in [0.29, 0.717) is 13.1 Å². The van der Waals surface area contributed by atoms with Gasteiger partial charge in [0.25, 0.3) is 0 Å².